The molecule has 0 bridgehead atoms. The lowest BCUT2D eigenvalue weighted by molar-refractivity contribution is -0.116. The molecule has 0 spiro atoms. The first-order valence-electron chi connectivity index (χ1n) is 6.00. The molecule has 0 saturated heterocycles. The van der Waals surface area contributed by atoms with E-state index in [1.165, 1.54) is 0 Å². The number of carbonyl (C=O) groups is 1. The minimum atomic E-state index is -0.289. The first-order valence-corrected chi connectivity index (χ1v) is 6.00. The van der Waals surface area contributed by atoms with Gasteiger partial charge in [0.25, 0.3) is 0 Å². The highest BCUT2D eigenvalue weighted by Crippen LogP contribution is 2.27. The largest absolute Gasteiger partial charge is 0.486 e. The van der Waals surface area contributed by atoms with Gasteiger partial charge in [-0.3, -0.25) is 4.79 Å². The Labute approximate surface area is 109 Å². The lowest BCUT2D eigenvalue weighted by atomic mass is 10.2. The Morgan fingerprint density at radius 2 is 1.89 bits per heavy atom. The number of anilines is 1. The number of hydrogen-bond donors (Lipinski definition) is 1. The number of carbonyl (C=O) groups excluding carboxylic acids is 1. The number of amides is 1. The maximum atomic E-state index is 11.7. The molecule has 4 nitrogen and oxygen atoms in total. The Bertz CT molecular complexity index is 409. The summed E-state index contributed by atoms with van der Waals surface area (Å²) >= 11 is 0. The van der Waals surface area contributed by atoms with Crippen LogP contribution in [0.5, 0.6) is 5.75 Å². The molecule has 0 radical (unpaired) electrons. The van der Waals surface area contributed by atoms with Crippen LogP contribution in [0.1, 0.15) is 20.8 Å². The van der Waals surface area contributed by atoms with Crippen LogP contribution in [0.15, 0.2) is 24.3 Å². The van der Waals surface area contributed by atoms with Gasteiger partial charge in [0.1, 0.15) is 11.4 Å². The van der Waals surface area contributed by atoms with Gasteiger partial charge in [0.05, 0.1) is 12.2 Å². The average molecular weight is 250 g/mol. The highest BCUT2D eigenvalue weighted by atomic mass is 16.5. The zero-order valence-corrected chi connectivity index (χ0v) is 11.8. The molecule has 0 unspecified atom stereocenters. The van der Waals surface area contributed by atoms with E-state index in [1.54, 1.807) is 0 Å². The molecule has 0 heterocycles. The van der Waals surface area contributed by atoms with E-state index in [2.05, 4.69) is 5.32 Å². The highest BCUT2D eigenvalue weighted by molar-refractivity contribution is 5.93. The molecule has 100 valence electrons. The number of benzene rings is 1. The number of ether oxygens (including phenoxy) is 1. The van der Waals surface area contributed by atoms with E-state index in [0.717, 1.165) is 0 Å². The van der Waals surface area contributed by atoms with Crippen LogP contribution in [0.2, 0.25) is 0 Å². The van der Waals surface area contributed by atoms with Crippen LogP contribution in [0.4, 0.5) is 5.69 Å². The average Bonchev–Trinajstić information content (AvgIpc) is 2.17. The fraction of sp³-hybridized carbons (Fsp3) is 0.500. The molecule has 0 aliphatic carbocycles. The standard InChI is InChI=1S/C14H22N2O2/c1-14(2,3)18-12-9-7-6-8-11(12)15-13(17)10-16(4)5/h6-9H,10H2,1-5H3,(H,15,17). The SMILES string of the molecule is CN(C)CC(=O)Nc1ccccc1OC(C)(C)C. The van der Waals surface area contributed by atoms with Gasteiger partial charge in [-0.15, -0.1) is 0 Å². The fourth-order valence-corrected chi connectivity index (χ4v) is 1.47. The summed E-state index contributed by atoms with van der Waals surface area (Å²) in [5.74, 6) is 0.641. The van der Waals surface area contributed by atoms with Crippen molar-refractivity contribution >= 4 is 11.6 Å². The predicted molar refractivity (Wildman–Crippen MR) is 74.0 cm³/mol. The van der Waals surface area contributed by atoms with E-state index < -0.39 is 0 Å². The summed E-state index contributed by atoms with van der Waals surface area (Å²) in [6, 6.07) is 7.47. The van der Waals surface area contributed by atoms with E-state index in [4.69, 9.17) is 4.74 Å². The Morgan fingerprint density at radius 1 is 1.28 bits per heavy atom. The molecule has 18 heavy (non-hydrogen) atoms. The van der Waals surface area contributed by atoms with Gasteiger partial charge >= 0.3 is 0 Å². The fourth-order valence-electron chi connectivity index (χ4n) is 1.47. The van der Waals surface area contributed by atoms with Gasteiger partial charge in [0.15, 0.2) is 0 Å². The van der Waals surface area contributed by atoms with E-state index in [0.29, 0.717) is 18.0 Å². The summed E-state index contributed by atoms with van der Waals surface area (Å²) in [5.41, 5.74) is 0.418. The molecule has 0 fully saturated rings. The molecule has 1 aromatic carbocycles. The number of nitrogens with zero attached hydrogens (tertiary/aromatic N) is 1. The van der Waals surface area contributed by atoms with Crippen molar-refractivity contribution < 1.29 is 9.53 Å². The van der Waals surface area contributed by atoms with Gasteiger partial charge in [0.2, 0.25) is 5.91 Å². The van der Waals surface area contributed by atoms with Gasteiger partial charge in [-0.2, -0.15) is 0 Å². The molecule has 1 amide bonds. The number of para-hydroxylation sites is 2. The molecule has 0 atom stereocenters. The summed E-state index contributed by atoms with van der Waals surface area (Å²) in [5, 5.41) is 2.86. The second-order valence-electron chi connectivity index (χ2n) is 5.50. The Balaban J connectivity index is 2.79. The lowest BCUT2D eigenvalue weighted by Gasteiger charge is -2.23. The molecule has 1 rings (SSSR count). The van der Waals surface area contributed by atoms with Crippen molar-refractivity contribution in [3.63, 3.8) is 0 Å². The number of likely N-dealkylation sites (N-methyl/N-ethyl adjacent to an activating group) is 1. The molecule has 1 aromatic rings. The zero-order chi connectivity index (χ0) is 13.8. The Morgan fingerprint density at radius 3 is 2.44 bits per heavy atom. The highest BCUT2D eigenvalue weighted by Gasteiger charge is 2.15. The van der Waals surface area contributed by atoms with Crippen molar-refractivity contribution in [2.45, 2.75) is 26.4 Å². The van der Waals surface area contributed by atoms with E-state index >= 15 is 0 Å². The minimum Gasteiger partial charge on any atom is -0.486 e. The molecule has 0 saturated carbocycles. The van der Waals surface area contributed by atoms with Gasteiger partial charge in [-0.1, -0.05) is 12.1 Å². The van der Waals surface area contributed by atoms with E-state index in [1.807, 2.05) is 64.0 Å². The lowest BCUT2D eigenvalue weighted by Crippen LogP contribution is -2.28. The van der Waals surface area contributed by atoms with Gasteiger partial charge in [-0.05, 0) is 47.0 Å². The third kappa shape index (κ3) is 5.19. The van der Waals surface area contributed by atoms with Crippen molar-refractivity contribution in [1.82, 2.24) is 4.90 Å². The maximum absolute atomic E-state index is 11.7. The first-order chi connectivity index (χ1) is 8.28. The number of hydrogen-bond acceptors (Lipinski definition) is 3. The van der Waals surface area contributed by atoms with Crippen LogP contribution < -0.4 is 10.1 Å². The summed E-state index contributed by atoms with van der Waals surface area (Å²) in [6.45, 7) is 6.28. The molecule has 0 aliphatic heterocycles. The molecular weight excluding hydrogens is 228 g/mol. The van der Waals surface area contributed by atoms with Crippen molar-refractivity contribution in [3.8, 4) is 5.75 Å². The quantitative estimate of drug-likeness (QED) is 0.892. The topological polar surface area (TPSA) is 41.6 Å². The van der Waals surface area contributed by atoms with Gasteiger partial charge in [0, 0.05) is 0 Å². The van der Waals surface area contributed by atoms with E-state index in [-0.39, 0.29) is 11.5 Å². The third-order valence-electron chi connectivity index (χ3n) is 2.04. The molecule has 0 aliphatic rings. The number of rotatable bonds is 4. The molecular formula is C14H22N2O2. The summed E-state index contributed by atoms with van der Waals surface area (Å²) < 4.78 is 5.81. The van der Waals surface area contributed by atoms with Crippen molar-refractivity contribution in [3.05, 3.63) is 24.3 Å². The van der Waals surface area contributed by atoms with Crippen LogP contribution in [-0.2, 0) is 4.79 Å². The van der Waals surface area contributed by atoms with Crippen LogP contribution >= 0.6 is 0 Å². The second-order valence-corrected chi connectivity index (χ2v) is 5.50. The van der Waals surface area contributed by atoms with Gasteiger partial charge in [-0.25, -0.2) is 0 Å². The number of nitrogens with one attached hydrogen (secondary N) is 1. The zero-order valence-electron chi connectivity index (χ0n) is 11.8. The smallest absolute Gasteiger partial charge is 0.238 e. The summed E-state index contributed by atoms with van der Waals surface area (Å²) in [6.07, 6.45) is 0. The van der Waals surface area contributed by atoms with Crippen molar-refractivity contribution in [1.29, 1.82) is 0 Å². The normalized spacial score (nSPS) is 11.4. The predicted octanol–water partition coefficient (Wildman–Crippen LogP) is 2.36. The molecule has 0 aromatic heterocycles. The molecule has 4 heteroatoms. The second kappa shape index (κ2) is 5.87. The Kier molecular flexibility index (Phi) is 4.73. The maximum Gasteiger partial charge on any atom is 0.238 e. The van der Waals surface area contributed by atoms with Gasteiger partial charge < -0.3 is 15.0 Å². The van der Waals surface area contributed by atoms with Crippen molar-refractivity contribution in [2.75, 3.05) is 26.0 Å². The van der Waals surface area contributed by atoms with Crippen LogP contribution in [0.25, 0.3) is 0 Å². The minimum absolute atomic E-state index is 0.0510. The summed E-state index contributed by atoms with van der Waals surface area (Å²) in [4.78, 5) is 13.6. The van der Waals surface area contributed by atoms with Crippen LogP contribution in [0, 0.1) is 0 Å². The Hall–Kier alpha value is -1.55. The third-order valence-corrected chi connectivity index (χ3v) is 2.04. The molecule has 1 N–H and O–H groups in total. The monoisotopic (exact) mass is 250 g/mol. The van der Waals surface area contributed by atoms with Crippen LogP contribution in [0.3, 0.4) is 0 Å². The first kappa shape index (κ1) is 14.5. The van der Waals surface area contributed by atoms with Crippen molar-refractivity contribution in [2.24, 2.45) is 0 Å². The summed E-state index contributed by atoms with van der Waals surface area (Å²) in [7, 11) is 3.72. The van der Waals surface area contributed by atoms with E-state index in [9.17, 15) is 4.79 Å². The van der Waals surface area contributed by atoms with Crippen LogP contribution in [-0.4, -0.2) is 37.0 Å².